The molecule has 0 aliphatic rings. The van der Waals surface area contributed by atoms with Crippen LogP contribution < -0.4 is 11.1 Å². The third-order valence-electron chi connectivity index (χ3n) is 1.55. The topological polar surface area (TPSA) is 63.8 Å². The van der Waals surface area contributed by atoms with Crippen LogP contribution in [0.1, 0.15) is 12.6 Å². The number of hydrogen-bond donors (Lipinski definition) is 2. The molecule has 0 bridgehead atoms. The largest absolute Gasteiger partial charge is 0.365 e. The molecule has 66 valence electrons. The Morgan fingerprint density at radius 1 is 1.50 bits per heavy atom. The molecule has 0 spiro atoms. The van der Waals surface area contributed by atoms with Gasteiger partial charge in [-0.15, -0.1) is 5.10 Å². The summed E-state index contributed by atoms with van der Waals surface area (Å²) >= 11 is 0. The van der Waals surface area contributed by atoms with Gasteiger partial charge in [0.25, 0.3) is 0 Å². The van der Waals surface area contributed by atoms with E-state index in [2.05, 4.69) is 15.5 Å². The lowest BCUT2D eigenvalue weighted by atomic mass is 10.3. The molecule has 1 unspecified atom stereocenters. The summed E-state index contributed by atoms with van der Waals surface area (Å²) in [6.45, 7) is 4.50. The Morgan fingerprint density at radius 2 is 2.25 bits per heavy atom. The molecule has 0 aliphatic heterocycles. The van der Waals surface area contributed by atoms with Crippen LogP contribution >= 0.6 is 0 Å². The Kier molecular flexibility index (Phi) is 2.99. The molecule has 0 saturated heterocycles. The number of nitrogens with two attached hydrogens (primary N) is 1. The van der Waals surface area contributed by atoms with E-state index in [4.69, 9.17) is 5.73 Å². The fourth-order valence-electron chi connectivity index (χ4n) is 0.787. The normalized spacial score (nSPS) is 12.6. The van der Waals surface area contributed by atoms with Crippen LogP contribution in [0.3, 0.4) is 0 Å². The smallest absolute Gasteiger partial charge is 0.148 e. The molecule has 1 aromatic heterocycles. The lowest BCUT2D eigenvalue weighted by Gasteiger charge is -2.10. The van der Waals surface area contributed by atoms with Crippen molar-refractivity contribution >= 4 is 5.82 Å². The van der Waals surface area contributed by atoms with Gasteiger partial charge in [0.05, 0.1) is 5.69 Å². The Labute approximate surface area is 72.2 Å². The predicted molar refractivity (Wildman–Crippen MR) is 48.9 cm³/mol. The van der Waals surface area contributed by atoms with Crippen LogP contribution in [0.15, 0.2) is 12.1 Å². The van der Waals surface area contributed by atoms with E-state index in [0.717, 1.165) is 11.5 Å². The van der Waals surface area contributed by atoms with E-state index in [1.807, 2.05) is 26.0 Å². The van der Waals surface area contributed by atoms with Crippen molar-refractivity contribution in [3.05, 3.63) is 17.8 Å². The minimum Gasteiger partial charge on any atom is -0.365 e. The highest BCUT2D eigenvalue weighted by Gasteiger charge is 1.99. The third kappa shape index (κ3) is 2.47. The van der Waals surface area contributed by atoms with Crippen molar-refractivity contribution in [2.75, 3.05) is 11.9 Å². The molecule has 0 amide bonds. The van der Waals surface area contributed by atoms with Crippen molar-refractivity contribution in [1.82, 2.24) is 10.2 Å². The molecule has 4 heteroatoms. The Balaban J connectivity index is 2.58. The lowest BCUT2D eigenvalue weighted by molar-refractivity contribution is 0.790. The minimum atomic E-state index is 0.238. The summed E-state index contributed by atoms with van der Waals surface area (Å²) in [6.07, 6.45) is 0. The quantitative estimate of drug-likeness (QED) is 0.688. The fraction of sp³-hybridized carbons (Fsp3) is 0.500. The average molecular weight is 166 g/mol. The van der Waals surface area contributed by atoms with Crippen molar-refractivity contribution in [3.8, 4) is 0 Å². The molecule has 0 radical (unpaired) electrons. The monoisotopic (exact) mass is 166 g/mol. The first kappa shape index (κ1) is 8.93. The maximum Gasteiger partial charge on any atom is 0.148 e. The summed E-state index contributed by atoms with van der Waals surface area (Å²) in [4.78, 5) is 0. The summed E-state index contributed by atoms with van der Waals surface area (Å²) in [7, 11) is 0. The fourth-order valence-corrected chi connectivity index (χ4v) is 0.787. The van der Waals surface area contributed by atoms with Gasteiger partial charge in [0.15, 0.2) is 0 Å². The highest BCUT2D eigenvalue weighted by Crippen LogP contribution is 2.01. The lowest BCUT2D eigenvalue weighted by Crippen LogP contribution is -2.25. The van der Waals surface area contributed by atoms with Crippen LogP contribution in [0, 0.1) is 6.92 Å². The summed E-state index contributed by atoms with van der Waals surface area (Å²) in [5, 5.41) is 11.0. The van der Waals surface area contributed by atoms with E-state index in [0.29, 0.717) is 6.54 Å². The second-order valence-corrected chi connectivity index (χ2v) is 2.84. The molecule has 3 N–H and O–H groups in total. The predicted octanol–water partition coefficient (Wildman–Crippen LogP) is 0.544. The van der Waals surface area contributed by atoms with Gasteiger partial charge in [-0.05, 0) is 26.0 Å². The maximum atomic E-state index is 5.44. The molecule has 0 aromatic carbocycles. The number of nitrogens with one attached hydrogen (secondary N) is 1. The first-order chi connectivity index (χ1) is 5.72. The molecule has 0 saturated carbocycles. The second kappa shape index (κ2) is 4.01. The van der Waals surface area contributed by atoms with Crippen molar-refractivity contribution in [2.45, 2.75) is 19.9 Å². The van der Waals surface area contributed by atoms with Gasteiger partial charge in [0, 0.05) is 12.6 Å². The number of nitrogens with zero attached hydrogens (tertiary/aromatic N) is 2. The first-order valence-corrected chi connectivity index (χ1v) is 3.99. The van der Waals surface area contributed by atoms with Crippen molar-refractivity contribution in [1.29, 1.82) is 0 Å². The highest BCUT2D eigenvalue weighted by molar-refractivity contribution is 5.33. The molecule has 1 atom stereocenters. The van der Waals surface area contributed by atoms with Crippen LogP contribution in [0.5, 0.6) is 0 Å². The number of aromatic nitrogens is 2. The summed E-state index contributed by atoms with van der Waals surface area (Å²) in [5.41, 5.74) is 6.36. The van der Waals surface area contributed by atoms with Crippen LogP contribution in [-0.4, -0.2) is 22.8 Å². The Morgan fingerprint density at radius 3 is 2.75 bits per heavy atom. The van der Waals surface area contributed by atoms with Gasteiger partial charge >= 0.3 is 0 Å². The van der Waals surface area contributed by atoms with Gasteiger partial charge in [-0.3, -0.25) is 0 Å². The summed E-state index contributed by atoms with van der Waals surface area (Å²) < 4.78 is 0. The maximum absolute atomic E-state index is 5.44. The van der Waals surface area contributed by atoms with Gasteiger partial charge in [-0.2, -0.15) is 5.10 Å². The minimum absolute atomic E-state index is 0.238. The number of hydrogen-bond acceptors (Lipinski definition) is 4. The van der Waals surface area contributed by atoms with E-state index in [9.17, 15) is 0 Å². The highest BCUT2D eigenvalue weighted by atomic mass is 15.2. The molecule has 1 aromatic rings. The summed E-state index contributed by atoms with van der Waals surface area (Å²) in [6, 6.07) is 4.05. The Bertz CT molecular complexity index is 231. The van der Waals surface area contributed by atoms with Crippen LogP contribution in [0.25, 0.3) is 0 Å². The molecule has 4 nitrogen and oxygen atoms in total. The van der Waals surface area contributed by atoms with Crippen molar-refractivity contribution in [2.24, 2.45) is 5.73 Å². The molecule has 0 fully saturated rings. The molecular formula is C8H14N4. The van der Waals surface area contributed by atoms with Gasteiger partial charge in [0.1, 0.15) is 5.82 Å². The van der Waals surface area contributed by atoms with Crippen LogP contribution in [-0.2, 0) is 0 Å². The van der Waals surface area contributed by atoms with Gasteiger partial charge in [-0.1, -0.05) is 0 Å². The van der Waals surface area contributed by atoms with Gasteiger partial charge in [0.2, 0.25) is 0 Å². The van der Waals surface area contributed by atoms with E-state index >= 15 is 0 Å². The Hall–Kier alpha value is -1.16. The third-order valence-corrected chi connectivity index (χ3v) is 1.55. The zero-order valence-corrected chi connectivity index (χ0v) is 7.41. The van der Waals surface area contributed by atoms with Crippen LogP contribution in [0.4, 0.5) is 5.82 Å². The summed E-state index contributed by atoms with van der Waals surface area (Å²) in [5.74, 6) is 0.776. The molecule has 12 heavy (non-hydrogen) atoms. The zero-order chi connectivity index (χ0) is 8.97. The van der Waals surface area contributed by atoms with Gasteiger partial charge < -0.3 is 11.1 Å². The van der Waals surface area contributed by atoms with E-state index in [1.165, 1.54) is 0 Å². The molecule has 0 aliphatic carbocycles. The van der Waals surface area contributed by atoms with E-state index in [-0.39, 0.29) is 6.04 Å². The number of rotatable bonds is 3. The SMILES string of the molecule is Cc1ccc(NC(C)CN)nn1. The zero-order valence-electron chi connectivity index (χ0n) is 7.41. The van der Waals surface area contributed by atoms with Gasteiger partial charge in [-0.25, -0.2) is 0 Å². The number of anilines is 1. The van der Waals surface area contributed by atoms with E-state index in [1.54, 1.807) is 0 Å². The van der Waals surface area contributed by atoms with Crippen molar-refractivity contribution < 1.29 is 0 Å². The second-order valence-electron chi connectivity index (χ2n) is 2.84. The molecule has 1 rings (SSSR count). The average Bonchev–Trinajstić information content (AvgIpc) is 2.09. The molecular weight excluding hydrogens is 152 g/mol. The van der Waals surface area contributed by atoms with Crippen molar-refractivity contribution in [3.63, 3.8) is 0 Å². The first-order valence-electron chi connectivity index (χ1n) is 3.99. The van der Waals surface area contributed by atoms with Crippen LogP contribution in [0.2, 0.25) is 0 Å². The van der Waals surface area contributed by atoms with E-state index < -0.39 is 0 Å². The standard InChI is InChI=1S/C8H14N4/c1-6-3-4-8(12-11-6)10-7(2)5-9/h3-4,7H,5,9H2,1-2H3,(H,10,12). The molecule has 1 heterocycles. The number of aryl methyl sites for hydroxylation is 1.